The molecule has 4 nitrogen and oxygen atoms in total. The number of hydrogen-bond acceptors (Lipinski definition) is 3. The summed E-state index contributed by atoms with van der Waals surface area (Å²) >= 11 is 6.28. The van der Waals surface area contributed by atoms with Crippen molar-refractivity contribution in [2.45, 2.75) is 19.5 Å². The minimum atomic E-state index is -0.215. The Kier molecular flexibility index (Phi) is 5.33. The van der Waals surface area contributed by atoms with E-state index in [-0.39, 0.29) is 11.9 Å². The van der Waals surface area contributed by atoms with Gasteiger partial charge in [-0.3, -0.25) is 4.68 Å². The van der Waals surface area contributed by atoms with Gasteiger partial charge in [-0.2, -0.15) is 5.10 Å². The molecule has 114 valence electrons. The van der Waals surface area contributed by atoms with E-state index in [9.17, 15) is 4.39 Å². The van der Waals surface area contributed by atoms with E-state index in [1.807, 2.05) is 17.8 Å². The highest BCUT2D eigenvalue weighted by atomic mass is 35.5. The molecule has 1 aromatic heterocycles. The van der Waals surface area contributed by atoms with Crippen molar-refractivity contribution in [2.75, 3.05) is 20.8 Å². The Morgan fingerprint density at radius 1 is 1.48 bits per heavy atom. The number of rotatable bonds is 6. The van der Waals surface area contributed by atoms with Crippen LogP contribution in [0.5, 0.6) is 0 Å². The Labute approximate surface area is 128 Å². The molecule has 0 saturated carbocycles. The summed E-state index contributed by atoms with van der Waals surface area (Å²) in [6, 6.07) is 4.89. The van der Waals surface area contributed by atoms with Crippen molar-refractivity contribution in [3.63, 3.8) is 0 Å². The topological polar surface area (TPSA) is 39.1 Å². The van der Waals surface area contributed by atoms with E-state index in [2.05, 4.69) is 10.4 Å². The standard InChI is InChI=1S/C15H19ClFN3O/c1-10-8-11(4-5-13(10)17)14(18-2)15-12(16)9-19-20(15)6-7-21-3/h4-5,8-9,14,18H,6-7H2,1-3H3. The summed E-state index contributed by atoms with van der Waals surface area (Å²) in [5.41, 5.74) is 2.39. The molecule has 6 heteroatoms. The molecule has 1 atom stereocenters. The normalized spacial score (nSPS) is 12.6. The van der Waals surface area contributed by atoms with Gasteiger partial charge in [0.25, 0.3) is 0 Å². The zero-order chi connectivity index (χ0) is 15.4. The maximum Gasteiger partial charge on any atom is 0.126 e. The summed E-state index contributed by atoms with van der Waals surface area (Å²) in [6.07, 6.45) is 1.62. The lowest BCUT2D eigenvalue weighted by atomic mass is 10.0. The van der Waals surface area contributed by atoms with E-state index in [1.165, 1.54) is 6.07 Å². The highest BCUT2D eigenvalue weighted by Crippen LogP contribution is 2.29. The summed E-state index contributed by atoms with van der Waals surface area (Å²) in [7, 11) is 3.48. The molecule has 21 heavy (non-hydrogen) atoms. The molecule has 1 N–H and O–H groups in total. The number of aryl methyl sites for hydroxylation is 1. The number of methoxy groups -OCH3 is 1. The second-order valence-electron chi connectivity index (χ2n) is 4.82. The summed E-state index contributed by atoms with van der Waals surface area (Å²) < 4.78 is 20.4. The van der Waals surface area contributed by atoms with Crippen LogP contribution in [0.4, 0.5) is 4.39 Å². The highest BCUT2D eigenvalue weighted by molar-refractivity contribution is 6.31. The first kappa shape index (κ1) is 15.9. The second kappa shape index (κ2) is 7.02. The Balaban J connectivity index is 2.40. The predicted molar refractivity (Wildman–Crippen MR) is 81.2 cm³/mol. The van der Waals surface area contributed by atoms with Crippen LogP contribution in [-0.4, -0.2) is 30.5 Å². The molecule has 0 aliphatic carbocycles. The van der Waals surface area contributed by atoms with Crippen LogP contribution in [-0.2, 0) is 11.3 Å². The number of ether oxygens (including phenoxy) is 1. The van der Waals surface area contributed by atoms with Crippen LogP contribution in [0.2, 0.25) is 5.02 Å². The van der Waals surface area contributed by atoms with Crippen LogP contribution in [0, 0.1) is 12.7 Å². The quantitative estimate of drug-likeness (QED) is 0.891. The average Bonchev–Trinajstić information content (AvgIpc) is 2.83. The lowest BCUT2D eigenvalue weighted by molar-refractivity contribution is 0.182. The Hall–Kier alpha value is -1.43. The van der Waals surface area contributed by atoms with Crippen LogP contribution < -0.4 is 5.32 Å². The Morgan fingerprint density at radius 2 is 2.24 bits per heavy atom. The molecule has 0 aliphatic heterocycles. The van der Waals surface area contributed by atoms with E-state index in [0.717, 1.165) is 11.3 Å². The van der Waals surface area contributed by atoms with Gasteiger partial charge in [0.05, 0.1) is 36.1 Å². The van der Waals surface area contributed by atoms with Gasteiger partial charge in [0.2, 0.25) is 0 Å². The zero-order valence-corrected chi connectivity index (χ0v) is 13.1. The first-order valence-corrected chi connectivity index (χ1v) is 7.09. The van der Waals surface area contributed by atoms with Gasteiger partial charge < -0.3 is 10.1 Å². The fourth-order valence-corrected chi connectivity index (χ4v) is 2.57. The molecule has 1 heterocycles. The van der Waals surface area contributed by atoms with Gasteiger partial charge >= 0.3 is 0 Å². The van der Waals surface area contributed by atoms with E-state index in [1.54, 1.807) is 26.3 Å². The van der Waals surface area contributed by atoms with Gasteiger partial charge in [0, 0.05) is 7.11 Å². The van der Waals surface area contributed by atoms with Gasteiger partial charge in [-0.1, -0.05) is 23.7 Å². The van der Waals surface area contributed by atoms with Crippen LogP contribution >= 0.6 is 11.6 Å². The third-order valence-electron chi connectivity index (χ3n) is 3.42. The van der Waals surface area contributed by atoms with Crippen molar-refractivity contribution in [1.29, 1.82) is 0 Å². The number of hydrogen-bond donors (Lipinski definition) is 1. The third-order valence-corrected chi connectivity index (χ3v) is 3.71. The molecule has 2 rings (SSSR count). The molecule has 0 spiro atoms. The van der Waals surface area contributed by atoms with Crippen LogP contribution in [0.25, 0.3) is 0 Å². The van der Waals surface area contributed by atoms with Crippen LogP contribution in [0.1, 0.15) is 22.9 Å². The zero-order valence-electron chi connectivity index (χ0n) is 12.4. The van der Waals surface area contributed by atoms with Gasteiger partial charge in [-0.15, -0.1) is 0 Å². The predicted octanol–water partition coefficient (Wildman–Crippen LogP) is 2.94. The molecule has 1 unspecified atom stereocenters. The molecule has 0 radical (unpaired) electrons. The minimum Gasteiger partial charge on any atom is -0.383 e. The fraction of sp³-hybridized carbons (Fsp3) is 0.400. The molecule has 0 bridgehead atoms. The number of aromatic nitrogens is 2. The first-order chi connectivity index (χ1) is 10.1. The first-order valence-electron chi connectivity index (χ1n) is 6.72. The minimum absolute atomic E-state index is 0.156. The van der Waals surface area contributed by atoms with Gasteiger partial charge in [-0.25, -0.2) is 4.39 Å². The summed E-state index contributed by atoms with van der Waals surface area (Å²) in [5, 5.41) is 8.07. The van der Waals surface area contributed by atoms with Gasteiger partial charge in [-0.05, 0) is 31.2 Å². The van der Waals surface area contributed by atoms with Crippen LogP contribution in [0.15, 0.2) is 24.4 Å². The molecule has 0 amide bonds. The number of nitrogens with zero attached hydrogens (tertiary/aromatic N) is 2. The number of halogens is 2. The van der Waals surface area contributed by atoms with Crippen molar-refractivity contribution < 1.29 is 9.13 Å². The molecule has 0 fully saturated rings. The van der Waals surface area contributed by atoms with E-state index >= 15 is 0 Å². The average molecular weight is 312 g/mol. The van der Waals surface area contributed by atoms with Crippen molar-refractivity contribution in [3.8, 4) is 0 Å². The van der Waals surface area contributed by atoms with Crippen molar-refractivity contribution in [1.82, 2.24) is 15.1 Å². The molecule has 2 aromatic rings. The third kappa shape index (κ3) is 3.43. The lowest BCUT2D eigenvalue weighted by Crippen LogP contribution is -2.23. The molecular formula is C15H19ClFN3O. The lowest BCUT2D eigenvalue weighted by Gasteiger charge is -2.20. The highest BCUT2D eigenvalue weighted by Gasteiger charge is 2.21. The molecular weight excluding hydrogens is 293 g/mol. The maximum absolute atomic E-state index is 13.5. The van der Waals surface area contributed by atoms with Gasteiger partial charge in [0.1, 0.15) is 5.82 Å². The molecule has 1 aromatic carbocycles. The van der Waals surface area contributed by atoms with Crippen LogP contribution in [0.3, 0.4) is 0 Å². The van der Waals surface area contributed by atoms with E-state index < -0.39 is 0 Å². The summed E-state index contributed by atoms with van der Waals surface area (Å²) in [5.74, 6) is -0.215. The van der Waals surface area contributed by atoms with E-state index in [4.69, 9.17) is 16.3 Å². The smallest absolute Gasteiger partial charge is 0.126 e. The fourth-order valence-electron chi connectivity index (χ4n) is 2.32. The Morgan fingerprint density at radius 3 is 2.86 bits per heavy atom. The molecule has 0 aliphatic rings. The van der Waals surface area contributed by atoms with Crippen molar-refractivity contribution >= 4 is 11.6 Å². The number of benzene rings is 1. The molecule has 0 saturated heterocycles. The summed E-state index contributed by atoms with van der Waals surface area (Å²) in [4.78, 5) is 0. The second-order valence-corrected chi connectivity index (χ2v) is 5.23. The Bertz CT molecular complexity index is 615. The maximum atomic E-state index is 13.5. The monoisotopic (exact) mass is 311 g/mol. The SMILES string of the molecule is CNC(c1ccc(F)c(C)c1)c1c(Cl)cnn1CCOC. The van der Waals surface area contributed by atoms with Crippen molar-refractivity contribution in [3.05, 3.63) is 52.1 Å². The number of nitrogens with one attached hydrogen (secondary N) is 1. The van der Waals surface area contributed by atoms with E-state index in [0.29, 0.717) is 23.7 Å². The van der Waals surface area contributed by atoms with Gasteiger partial charge in [0.15, 0.2) is 0 Å². The van der Waals surface area contributed by atoms with Crippen molar-refractivity contribution in [2.24, 2.45) is 0 Å². The summed E-state index contributed by atoms with van der Waals surface area (Å²) in [6.45, 7) is 2.90. The largest absolute Gasteiger partial charge is 0.383 e.